The number of nitrogens with one attached hydrogen (secondary N) is 2. The lowest BCUT2D eigenvalue weighted by molar-refractivity contribution is 0.769. The molecule has 1 aliphatic rings. The molecule has 0 saturated heterocycles. The van der Waals surface area contributed by atoms with Crippen LogP contribution in [0.5, 0.6) is 0 Å². The van der Waals surface area contributed by atoms with E-state index in [4.69, 9.17) is 4.99 Å². The van der Waals surface area contributed by atoms with Gasteiger partial charge in [-0.05, 0) is 43.0 Å². The zero-order valence-corrected chi connectivity index (χ0v) is 18.2. The third kappa shape index (κ3) is 5.89. The van der Waals surface area contributed by atoms with Gasteiger partial charge >= 0.3 is 0 Å². The molecular formula is C24H29N5S. The van der Waals surface area contributed by atoms with Crippen molar-refractivity contribution in [1.29, 1.82) is 0 Å². The summed E-state index contributed by atoms with van der Waals surface area (Å²) in [6, 6.07) is 19.3. The first-order valence-corrected chi connectivity index (χ1v) is 11.4. The first kappa shape index (κ1) is 20.5. The van der Waals surface area contributed by atoms with E-state index in [9.17, 15) is 0 Å². The van der Waals surface area contributed by atoms with Crippen molar-refractivity contribution in [1.82, 2.24) is 20.2 Å². The number of guanidine groups is 1. The highest BCUT2D eigenvalue weighted by molar-refractivity contribution is 8.01. The SMILES string of the molecule is CCNC(=NCc1ccc(Cn2ccnc2)cc1)NCC1(Sc2ccccc2)CC1. The van der Waals surface area contributed by atoms with Crippen molar-refractivity contribution in [3.8, 4) is 0 Å². The number of aliphatic imine (C=N–C) groups is 1. The van der Waals surface area contributed by atoms with Crippen LogP contribution in [0.2, 0.25) is 0 Å². The number of benzene rings is 2. The van der Waals surface area contributed by atoms with E-state index in [1.165, 1.54) is 28.9 Å². The topological polar surface area (TPSA) is 54.2 Å². The predicted molar refractivity (Wildman–Crippen MR) is 125 cm³/mol. The molecule has 0 amide bonds. The van der Waals surface area contributed by atoms with Crippen LogP contribution in [0.4, 0.5) is 0 Å². The summed E-state index contributed by atoms with van der Waals surface area (Å²) in [4.78, 5) is 10.2. The zero-order valence-electron chi connectivity index (χ0n) is 17.4. The quantitative estimate of drug-likeness (QED) is 0.401. The molecule has 0 aliphatic heterocycles. The van der Waals surface area contributed by atoms with Gasteiger partial charge in [0.05, 0.1) is 12.9 Å². The summed E-state index contributed by atoms with van der Waals surface area (Å²) >= 11 is 1.98. The summed E-state index contributed by atoms with van der Waals surface area (Å²) in [5.41, 5.74) is 2.47. The van der Waals surface area contributed by atoms with Crippen molar-refractivity contribution in [3.63, 3.8) is 0 Å². The van der Waals surface area contributed by atoms with Crippen LogP contribution in [0.1, 0.15) is 30.9 Å². The lowest BCUT2D eigenvalue weighted by Gasteiger charge is -2.18. The van der Waals surface area contributed by atoms with Gasteiger partial charge in [-0.1, -0.05) is 42.5 Å². The molecule has 0 atom stereocenters. The van der Waals surface area contributed by atoms with E-state index in [0.29, 0.717) is 11.3 Å². The first-order valence-electron chi connectivity index (χ1n) is 10.5. The lowest BCUT2D eigenvalue weighted by Crippen LogP contribution is -2.41. The van der Waals surface area contributed by atoms with Crippen LogP contribution in [0.15, 0.2) is 83.2 Å². The fraction of sp³-hybridized carbons (Fsp3) is 0.333. The Hall–Kier alpha value is -2.73. The molecule has 0 unspecified atom stereocenters. The van der Waals surface area contributed by atoms with E-state index in [-0.39, 0.29) is 0 Å². The molecule has 2 N–H and O–H groups in total. The molecule has 30 heavy (non-hydrogen) atoms. The number of hydrogen-bond donors (Lipinski definition) is 2. The minimum Gasteiger partial charge on any atom is -0.357 e. The number of aromatic nitrogens is 2. The number of rotatable bonds is 9. The highest BCUT2D eigenvalue weighted by Crippen LogP contribution is 2.51. The van der Waals surface area contributed by atoms with Gasteiger partial charge in [-0.3, -0.25) is 0 Å². The third-order valence-electron chi connectivity index (χ3n) is 5.17. The Labute approximate surface area is 183 Å². The molecule has 1 saturated carbocycles. The Morgan fingerprint density at radius 3 is 2.50 bits per heavy atom. The molecule has 5 nitrogen and oxygen atoms in total. The van der Waals surface area contributed by atoms with Crippen molar-refractivity contribution < 1.29 is 0 Å². The van der Waals surface area contributed by atoms with Crippen LogP contribution >= 0.6 is 11.8 Å². The van der Waals surface area contributed by atoms with Crippen molar-refractivity contribution in [2.75, 3.05) is 13.1 Å². The van der Waals surface area contributed by atoms with Gasteiger partial charge < -0.3 is 15.2 Å². The number of hydrogen-bond acceptors (Lipinski definition) is 3. The molecule has 1 fully saturated rings. The summed E-state index contributed by atoms with van der Waals surface area (Å²) in [6.07, 6.45) is 8.13. The van der Waals surface area contributed by atoms with Crippen LogP contribution in [0, 0.1) is 0 Å². The molecule has 0 bridgehead atoms. The highest BCUT2D eigenvalue weighted by atomic mass is 32.2. The van der Waals surface area contributed by atoms with E-state index >= 15 is 0 Å². The average molecular weight is 420 g/mol. The van der Waals surface area contributed by atoms with E-state index in [1.54, 1.807) is 0 Å². The standard InChI is InChI=1S/C24H29N5S/c1-2-26-23(28-18-24(12-13-24)30-22-6-4-3-5-7-22)27-16-20-8-10-21(11-9-20)17-29-15-14-25-19-29/h3-11,14-15,19H,2,12-13,16-18H2,1H3,(H2,26,27,28). The minimum atomic E-state index is 0.298. The van der Waals surface area contributed by atoms with Crippen molar-refractivity contribution >= 4 is 17.7 Å². The molecule has 0 radical (unpaired) electrons. The summed E-state index contributed by atoms with van der Waals surface area (Å²) in [7, 11) is 0. The lowest BCUT2D eigenvalue weighted by atomic mass is 10.1. The Kier molecular flexibility index (Phi) is 6.74. The number of nitrogens with zero attached hydrogens (tertiary/aromatic N) is 3. The van der Waals surface area contributed by atoms with Gasteiger partial charge in [-0.25, -0.2) is 9.98 Å². The molecular weight excluding hydrogens is 390 g/mol. The van der Waals surface area contributed by atoms with Crippen LogP contribution in [0.3, 0.4) is 0 Å². The smallest absolute Gasteiger partial charge is 0.191 e. The Bertz CT molecular complexity index is 931. The monoisotopic (exact) mass is 419 g/mol. The maximum absolute atomic E-state index is 4.80. The van der Waals surface area contributed by atoms with Gasteiger partial charge in [-0.2, -0.15) is 0 Å². The normalized spacial score (nSPS) is 15.0. The molecule has 1 aromatic heterocycles. The Balaban J connectivity index is 1.31. The molecule has 156 valence electrons. The van der Waals surface area contributed by atoms with Crippen molar-refractivity contribution in [3.05, 3.63) is 84.4 Å². The van der Waals surface area contributed by atoms with Crippen LogP contribution in [0.25, 0.3) is 0 Å². The summed E-state index contributed by atoms with van der Waals surface area (Å²) in [5.74, 6) is 0.889. The van der Waals surface area contributed by atoms with E-state index < -0.39 is 0 Å². The van der Waals surface area contributed by atoms with Crippen LogP contribution in [-0.2, 0) is 13.1 Å². The van der Waals surface area contributed by atoms with Gasteiger partial charge in [0.25, 0.3) is 0 Å². The fourth-order valence-corrected chi connectivity index (χ4v) is 4.53. The molecule has 1 heterocycles. The fourth-order valence-electron chi connectivity index (χ4n) is 3.29. The molecule has 6 heteroatoms. The largest absolute Gasteiger partial charge is 0.357 e. The zero-order chi connectivity index (χ0) is 20.7. The van der Waals surface area contributed by atoms with Gasteiger partial charge in [-0.15, -0.1) is 11.8 Å². The highest BCUT2D eigenvalue weighted by Gasteiger charge is 2.43. The van der Waals surface area contributed by atoms with Crippen LogP contribution < -0.4 is 10.6 Å². The minimum absolute atomic E-state index is 0.298. The molecule has 0 spiro atoms. The molecule has 1 aliphatic carbocycles. The van der Waals surface area contributed by atoms with Gasteiger partial charge in [0, 0.05) is 41.7 Å². The van der Waals surface area contributed by atoms with Gasteiger partial charge in [0.1, 0.15) is 0 Å². The second kappa shape index (κ2) is 9.85. The number of thioether (sulfide) groups is 1. The maximum atomic E-state index is 4.80. The van der Waals surface area contributed by atoms with Gasteiger partial charge in [0.15, 0.2) is 5.96 Å². The number of imidazole rings is 1. The predicted octanol–water partition coefficient (Wildman–Crippen LogP) is 4.31. The van der Waals surface area contributed by atoms with E-state index in [2.05, 4.69) is 81.7 Å². The van der Waals surface area contributed by atoms with E-state index in [1.807, 2.05) is 30.5 Å². The third-order valence-corrected chi connectivity index (χ3v) is 6.67. The van der Waals surface area contributed by atoms with Crippen LogP contribution in [-0.4, -0.2) is 33.3 Å². The van der Waals surface area contributed by atoms with Crippen molar-refractivity contribution in [2.24, 2.45) is 4.99 Å². The summed E-state index contributed by atoms with van der Waals surface area (Å²) in [6.45, 7) is 5.40. The molecule has 4 rings (SSSR count). The summed E-state index contributed by atoms with van der Waals surface area (Å²) in [5, 5.41) is 6.94. The Morgan fingerprint density at radius 1 is 1.07 bits per heavy atom. The molecule has 3 aromatic rings. The second-order valence-corrected chi connectivity index (χ2v) is 9.24. The average Bonchev–Trinajstić information content (AvgIpc) is 3.34. The van der Waals surface area contributed by atoms with Crippen molar-refractivity contribution in [2.45, 2.75) is 42.5 Å². The Morgan fingerprint density at radius 2 is 1.83 bits per heavy atom. The summed E-state index contributed by atoms with van der Waals surface area (Å²) < 4.78 is 2.37. The maximum Gasteiger partial charge on any atom is 0.191 e. The van der Waals surface area contributed by atoms with Gasteiger partial charge in [0.2, 0.25) is 0 Å². The van der Waals surface area contributed by atoms with E-state index in [0.717, 1.165) is 25.6 Å². The first-order chi connectivity index (χ1) is 14.7. The second-order valence-electron chi connectivity index (χ2n) is 7.70. The molecule has 2 aromatic carbocycles.